The molecule has 0 saturated carbocycles. The highest BCUT2D eigenvalue weighted by atomic mass is 16.3. The van der Waals surface area contributed by atoms with Crippen LogP contribution in [0.3, 0.4) is 0 Å². The summed E-state index contributed by atoms with van der Waals surface area (Å²) in [5, 5.41) is 4.27. The normalized spacial score (nSPS) is 16.1. The molecule has 1 aliphatic heterocycles. The van der Waals surface area contributed by atoms with E-state index >= 15 is 0 Å². The molecule has 0 radical (unpaired) electrons. The van der Waals surface area contributed by atoms with Crippen molar-refractivity contribution in [3.05, 3.63) is 30.0 Å². The molecule has 1 aromatic carbocycles. The molecule has 5 nitrogen and oxygen atoms in total. The summed E-state index contributed by atoms with van der Waals surface area (Å²) in [5.74, 6) is -0.315. The SMILES string of the molecule is NC(=O)c1cc2c(N3CCNCC3)cccc2o1. The minimum absolute atomic E-state index is 0.215. The Morgan fingerprint density at radius 2 is 2.11 bits per heavy atom. The average Bonchev–Trinajstić information content (AvgIpc) is 2.83. The van der Waals surface area contributed by atoms with Crippen molar-refractivity contribution in [1.82, 2.24) is 5.32 Å². The third-order valence-electron chi connectivity index (χ3n) is 3.24. The second-order valence-corrected chi connectivity index (χ2v) is 4.40. The first-order chi connectivity index (χ1) is 8.75. The van der Waals surface area contributed by atoms with Crippen LogP contribution in [0, 0.1) is 0 Å². The minimum Gasteiger partial charge on any atom is -0.451 e. The summed E-state index contributed by atoms with van der Waals surface area (Å²) in [6.07, 6.45) is 0. The maximum absolute atomic E-state index is 11.2. The lowest BCUT2D eigenvalue weighted by Gasteiger charge is -2.29. The summed E-state index contributed by atoms with van der Waals surface area (Å²) in [5.41, 5.74) is 7.06. The molecule has 0 unspecified atom stereocenters. The lowest BCUT2D eigenvalue weighted by atomic mass is 10.2. The van der Waals surface area contributed by atoms with Gasteiger partial charge in [-0.15, -0.1) is 0 Å². The van der Waals surface area contributed by atoms with E-state index < -0.39 is 5.91 Å². The molecule has 1 aliphatic rings. The van der Waals surface area contributed by atoms with E-state index in [1.807, 2.05) is 18.2 Å². The molecule has 0 bridgehead atoms. The zero-order valence-corrected chi connectivity index (χ0v) is 9.98. The molecule has 18 heavy (non-hydrogen) atoms. The number of anilines is 1. The molecule has 0 spiro atoms. The Kier molecular flexibility index (Phi) is 2.68. The van der Waals surface area contributed by atoms with Crippen molar-refractivity contribution in [2.75, 3.05) is 31.1 Å². The maximum Gasteiger partial charge on any atom is 0.284 e. The van der Waals surface area contributed by atoms with Gasteiger partial charge in [-0.2, -0.15) is 0 Å². The molecular formula is C13H15N3O2. The van der Waals surface area contributed by atoms with Crippen LogP contribution in [0.5, 0.6) is 0 Å². The Morgan fingerprint density at radius 3 is 2.83 bits per heavy atom. The monoisotopic (exact) mass is 245 g/mol. The van der Waals surface area contributed by atoms with Crippen molar-refractivity contribution in [3.63, 3.8) is 0 Å². The number of piperazine rings is 1. The van der Waals surface area contributed by atoms with Crippen LogP contribution in [-0.4, -0.2) is 32.1 Å². The van der Waals surface area contributed by atoms with E-state index in [0.717, 1.165) is 37.3 Å². The van der Waals surface area contributed by atoms with Gasteiger partial charge in [0.2, 0.25) is 0 Å². The molecule has 0 aliphatic carbocycles. The lowest BCUT2D eigenvalue weighted by Crippen LogP contribution is -2.43. The third kappa shape index (κ3) is 1.82. The standard InChI is InChI=1S/C13H15N3O2/c14-13(17)12-8-9-10(2-1-3-11(9)18-12)16-6-4-15-5-7-16/h1-3,8,15H,4-7H2,(H2,14,17). The Balaban J connectivity index is 2.07. The van der Waals surface area contributed by atoms with Crippen LogP contribution >= 0.6 is 0 Å². The van der Waals surface area contributed by atoms with Crippen molar-refractivity contribution in [2.24, 2.45) is 5.73 Å². The predicted octanol–water partition coefficient (Wildman–Crippen LogP) is 0.941. The van der Waals surface area contributed by atoms with Crippen LogP contribution in [0.1, 0.15) is 10.6 Å². The molecule has 1 fully saturated rings. The number of primary amides is 1. The Labute approximate surface area is 105 Å². The number of carbonyl (C=O) groups is 1. The molecule has 3 N–H and O–H groups in total. The second kappa shape index (κ2) is 4.34. The van der Waals surface area contributed by atoms with Gasteiger partial charge in [0.05, 0.1) is 0 Å². The average molecular weight is 245 g/mol. The van der Waals surface area contributed by atoms with Gasteiger partial charge in [0, 0.05) is 37.3 Å². The Hall–Kier alpha value is -2.01. The number of fused-ring (bicyclic) bond motifs is 1. The van der Waals surface area contributed by atoms with Crippen LogP contribution in [-0.2, 0) is 0 Å². The van der Waals surface area contributed by atoms with Gasteiger partial charge in [0.15, 0.2) is 5.76 Å². The van der Waals surface area contributed by atoms with Crippen LogP contribution in [0.2, 0.25) is 0 Å². The maximum atomic E-state index is 11.2. The molecule has 0 atom stereocenters. The first kappa shape index (κ1) is 11.1. The van der Waals surface area contributed by atoms with Gasteiger partial charge in [-0.1, -0.05) is 6.07 Å². The fraction of sp³-hybridized carbons (Fsp3) is 0.308. The molecule has 1 amide bonds. The van der Waals surface area contributed by atoms with E-state index in [0.29, 0.717) is 5.58 Å². The van der Waals surface area contributed by atoms with Gasteiger partial charge in [-0.3, -0.25) is 4.79 Å². The van der Waals surface area contributed by atoms with Gasteiger partial charge < -0.3 is 20.4 Å². The summed E-state index contributed by atoms with van der Waals surface area (Å²) < 4.78 is 5.44. The number of rotatable bonds is 2. The molecule has 1 aromatic heterocycles. The molecule has 3 rings (SSSR count). The van der Waals surface area contributed by atoms with Gasteiger partial charge in [-0.05, 0) is 18.2 Å². The number of nitrogens with one attached hydrogen (secondary N) is 1. The van der Waals surface area contributed by atoms with Crippen LogP contribution in [0.15, 0.2) is 28.7 Å². The van der Waals surface area contributed by atoms with Gasteiger partial charge in [0.1, 0.15) is 5.58 Å². The number of hydrogen-bond donors (Lipinski definition) is 2. The highest BCUT2D eigenvalue weighted by molar-refractivity contribution is 5.99. The van der Waals surface area contributed by atoms with Crippen molar-refractivity contribution in [3.8, 4) is 0 Å². The highest BCUT2D eigenvalue weighted by Crippen LogP contribution is 2.29. The van der Waals surface area contributed by atoms with E-state index in [1.54, 1.807) is 6.07 Å². The predicted molar refractivity (Wildman–Crippen MR) is 69.8 cm³/mol. The lowest BCUT2D eigenvalue weighted by molar-refractivity contribution is 0.0976. The smallest absolute Gasteiger partial charge is 0.284 e. The number of carbonyl (C=O) groups excluding carboxylic acids is 1. The zero-order valence-electron chi connectivity index (χ0n) is 9.98. The van der Waals surface area contributed by atoms with E-state index in [9.17, 15) is 4.79 Å². The summed E-state index contributed by atoms with van der Waals surface area (Å²) >= 11 is 0. The van der Waals surface area contributed by atoms with Crippen molar-refractivity contribution < 1.29 is 9.21 Å². The summed E-state index contributed by atoms with van der Waals surface area (Å²) in [7, 11) is 0. The highest BCUT2D eigenvalue weighted by Gasteiger charge is 2.16. The Bertz CT molecular complexity index is 585. The summed E-state index contributed by atoms with van der Waals surface area (Å²) in [6.45, 7) is 3.85. The number of benzene rings is 1. The van der Waals surface area contributed by atoms with Crippen LogP contribution < -0.4 is 16.0 Å². The van der Waals surface area contributed by atoms with E-state index in [1.165, 1.54) is 0 Å². The summed E-state index contributed by atoms with van der Waals surface area (Å²) in [6, 6.07) is 7.57. The third-order valence-corrected chi connectivity index (χ3v) is 3.24. The van der Waals surface area contributed by atoms with Gasteiger partial charge in [-0.25, -0.2) is 0 Å². The number of hydrogen-bond acceptors (Lipinski definition) is 4. The summed E-state index contributed by atoms with van der Waals surface area (Å²) in [4.78, 5) is 13.5. The van der Waals surface area contributed by atoms with Gasteiger partial charge in [0.25, 0.3) is 5.91 Å². The number of furan rings is 1. The fourth-order valence-corrected chi connectivity index (χ4v) is 2.35. The van der Waals surface area contributed by atoms with Crippen molar-refractivity contribution in [2.45, 2.75) is 0 Å². The number of amides is 1. The van der Waals surface area contributed by atoms with E-state index in [2.05, 4.69) is 10.2 Å². The topological polar surface area (TPSA) is 71.5 Å². The Morgan fingerprint density at radius 1 is 1.33 bits per heavy atom. The second-order valence-electron chi connectivity index (χ2n) is 4.40. The molecule has 94 valence electrons. The van der Waals surface area contributed by atoms with Crippen LogP contribution in [0.25, 0.3) is 11.0 Å². The molecule has 2 aromatic rings. The largest absolute Gasteiger partial charge is 0.451 e. The fourth-order valence-electron chi connectivity index (χ4n) is 2.35. The quantitative estimate of drug-likeness (QED) is 0.826. The number of nitrogens with two attached hydrogens (primary N) is 1. The van der Waals surface area contributed by atoms with E-state index in [4.69, 9.17) is 10.2 Å². The van der Waals surface area contributed by atoms with Crippen molar-refractivity contribution in [1.29, 1.82) is 0 Å². The van der Waals surface area contributed by atoms with Gasteiger partial charge >= 0.3 is 0 Å². The number of nitrogens with zero attached hydrogens (tertiary/aromatic N) is 1. The zero-order chi connectivity index (χ0) is 12.5. The van der Waals surface area contributed by atoms with E-state index in [-0.39, 0.29) is 5.76 Å². The van der Waals surface area contributed by atoms with Crippen molar-refractivity contribution >= 4 is 22.6 Å². The first-order valence-corrected chi connectivity index (χ1v) is 6.04. The molecule has 1 saturated heterocycles. The first-order valence-electron chi connectivity index (χ1n) is 6.04. The minimum atomic E-state index is -0.530. The molecular weight excluding hydrogens is 230 g/mol. The van der Waals surface area contributed by atoms with Crippen LogP contribution in [0.4, 0.5) is 5.69 Å². The molecule has 2 heterocycles. The molecule has 5 heteroatoms.